The van der Waals surface area contributed by atoms with Gasteiger partial charge in [0, 0.05) is 11.9 Å². The predicted molar refractivity (Wildman–Crippen MR) is 67.4 cm³/mol. The van der Waals surface area contributed by atoms with Crippen molar-refractivity contribution in [1.29, 1.82) is 0 Å². The zero-order valence-electron chi connectivity index (χ0n) is 13.7. The third kappa shape index (κ3) is 20.5. The van der Waals surface area contributed by atoms with Crippen LogP contribution in [0.4, 0.5) is 0 Å². The quantitative estimate of drug-likeness (QED) is 0.488. The zero-order chi connectivity index (χ0) is 14.6. The summed E-state index contributed by atoms with van der Waals surface area (Å²) >= 11 is 0. The molecule has 20 heavy (non-hydrogen) atoms. The van der Waals surface area contributed by atoms with E-state index in [0.717, 1.165) is 38.5 Å². The van der Waals surface area contributed by atoms with Gasteiger partial charge in [-0.1, -0.05) is 53.4 Å². The van der Waals surface area contributed by atoms with Crippen LogP contribution in [-0.4, -0.2) is 11.9 Å². The van der Waals surface area contributed by atoms with E-state index < -0.39 is 11.9 Å². The molecule has 0 heterocycles. The summed E-state index contributed by atoms with van der Waals surface area (Å²) in [5, 5.41) is 20.2. The van der Waals surface area contributed by atoms with E-state index in [1.807, 2.05) is 13.8 Å². The molecule has 0 aliphatic carbocycles. The van der Waals surface area contributed by atoms with Crippen LogP contribution in [0, 0.1) is 11.8 Å². The molecule has 0 rings (SSSR count). The summed E-state index contributed by atoms with van der Waals surface area (Å²) in [6.07, 6.45) is 5.57. The fraction of sp³-hybridized carbons (Fsp3) is 0.857. The Morgan fingerprint density at radius 2 is 1.10 bits per heavy atom. The molecule has 4 nitrogen and oxygen atoms in total. The maximum Gasteiger partial charge on any atom is 2.00 e. The molecule has 0 N–H and O–H groups in total. The van der Waals surface area contributed by atoms with Crippen molar-refractivity contribution in [1.82, 2.24) is 0 Å². The first kappa shape index (κ1) is 28.3. The number of rotatable bonds is 8. The van der Waals surface area contributed by atoms with Crippen LogP contribution < -0.4 is 29.1 Å². The second kappa shape index (κ2) is 19.2. The standard InChI is InChI=1S/2C7H14O2.Li.Zn/c2*1-3-4-5-6(2)7(8)9;;/h2*6H,3-5H2,1-2H3,(H,8,9);;/q;;+1;+2/p-2. The van der Waals surface area contributed by atoms with Gasteiger partial charge >= 0.3 is 38.3 Å². The number of aliphatic carboxylic acids is 2. The van der Waals surface area contributed by atoms with Crippen molar-refractivity contribution in [2.75, 3.05) is 0 Å². The molecule has 0 spiro atoms. The Bertz CT molecular complexity index is 213. The van der Waals surface area contributed by atoms with Gasteiger partial charge in [0.1, 0.15) is 0 Å². The molecule has 0 fully saturated rings. The smallest absolute Gasteiger partial charge is 0.550 e. The van der Waals surface area contributed by atoms with Crippen molar-refractivity contribution in [3.8, 4) is 0 Å². The number of hydrogen-bond acceptors (Lipinski definition) is 4. The third-order valence-electron chi connectivity index (χ3n) is 2.79. The van der Waals surface area contributed by atoms with Gasteiger partial charge in [0.25, 0.3) is 0 Å². The summed E-state index contributed by atoms with van der Waals surface area (Å²) in [4.78, 5) is 20.2. The second-order valence-corrected chi connectivity index (χ2v) is 4.72. The van der Waals surface area contributed by atoms with Crippen LogP contribution in [0.25, 0.3) is 0 Å². The van der Waals surface area contributed by atoms with Crippen LogP contribution in [0.5, 0.6) is 0 Å². The van der Waals surface area contributed by atoms with Gasteiger partial charge in [0.15, 0.2) is 0 Å². The summed E-state index contributed by atoms with van der Waals surface area (Å²) in [6, 6.07) is 0. The molecule has 6 heteroatoms. The molecule has 0 saturated heterocycles. The van der Waals surface area contributed by atoms with Crippen LogP contribution in [-0.2, 0) is 29.1 Å². The molecule has 0 saturated carbocycles. The molecule has 0 aromatic carbocycles. The molecule has 2 unspecified atom stereocenters. The number of unbranched alkanes of at least 4 members (excludes halogenated alkanes) is 2. The molecular formula is C14H26LiO4Zn+. The van der Waals surface area contributed by atoms with Crippen molar-refractivity contribution >= 4 is 11.9 Å². The maximum absolute atomic E-state index is 10.1. The largest absolute Gasteiger partial charge is 2.00 e. The minimum Gasteiger partial charge on any atom is -0.550 e. The average molecular weight is 331 g/mol. The van der Waals surface area contributed by atoms with Crippen molar-refractivity contribution in [3.63, 3.8) is 0 Å². The van der Waals surface area contributed by atoms with Gasteiger partial charge in [0.2, 0.25) is 0 Å². The van der Waals surface area contributed by atoms with E-state index in [0.29, 0.717) is 0 Å². The van der Waals surface area contributed by atoms with Gasteiger partial charge in [-0.05, 0) is 24.7 Å². The molecule has 0 bridgehead atoms. The predicted octanol–water partition coefficient (Wildman–Crippen LogP) is -1.87. The van der Waals surface area contributed by atoms with E-state index >= 15 is 0 Å². The Kier molecular flexibility index (Phi) is 27.2. The monoisotopic (exact) mass is 329 g/mol. The number of carbonyl (C=O) groups excluding carboxylic acids is 2. The summed E-state index contributed by atoms with van der Waals surface area (Å²) in [5.74, 6) is -2.40. The first-order chi connectivity index (χ1) is 8.36. The Hall–Kier alpha value is 0.161. The Morgan fingerprint density at radius 1 is 0.850 bits per heavy atom. The van der Waals surface area contributed by atoms with E-state index in [1.165, 1.54) is 0 Å². The molecule has 0 aliphatic rings. The van der Waals surface area contributed by atoms with Gasteiger partial charge in [-0.15, -0.1) is 0 Å². The molecule has 0 aromatic heterocycles. The van der Waals surface area contributed by atoms with Crippen LogP contribution in [0.1, 0.15) is 66.2 Å². The van der Waals surface area contributed by atoms with E-state index in [9.17, 15) is 19.8 Å². The summed E-state index contributed by atoms with van der Waals surface area (Å²) in [6.45, 7) is 7.46. The first-order valence-corrected chi connectivity index (χ1v) is 6.78. The molecular weight excluding hydrogens is 304 g/mol. The Morgan fingerprint density at radius 3 is 1.25 bits per heavy atom. The van der Waals surface area contributed by atoms with Crippen molar-refractivity contribution < 1.29 is 58.1 Å². The first-order valence-electron chi connectivity index (χ1n) is 6.78. The van der Waals surface area contributed by atoms with Crippen LogP contribution in [0.2, 0.25) is 0 Å². The fourth-order valence-electron chi connectivity index (χ4n) is 1.26. The molecule has 0 aromatic rings. The average Bonchev–Trinajstić information content (AvgIpc) is 2.33. The number of carboxylic acids is 2. The Balaban J connectivity index is -0.000000116. The maximum atomic E-state index is 10.1. The molecule has 2 atom stereocenters. The van der Waals surface area contributed by atoms with E-state index in [-0.39, 0.29) is 50.2 Å². The molecule has 108 valence electrons. The fourth-order valence-corrected chi connectivity index (χ4v) is 1.26. The van der Waals surface area contributed by atoms with Crippen LogP contribution >= 0.6 is 0 Å². The minimum absolute atomic E-state index is 0. The van der Waals surface area contributed by atoms with Gasteiger partial charge in [-0.2, -0.15) is 0 Å². The number of carbonyl (C=O) groups is 2. The summed E-state index contributed by atoms with van der Waals surface area (Å²) in [7, 11) is 0. The summed E-state index contributed by atoms with van der Waals surface area (Å²) < 4.78 is 0. The van der Waals surface area contributed by atoms with E-state index in [1.54, 1.807) is 13.8 Å². The van der Waals surface area contributed by atoms with Gasteiger partial charge in [0.05, 0.1) is 0 Å². The van der Waals surface area contributed by atoms with Crippen LogP contribution in [0.15, 0.2) is 0 Å². The zero-order valence-corrected chi connectivity index (χ0v) is 16.7. The van der Waals surface area contributed by atoms with Crippen molar-refractivity contribution in [3.05, 3.63) is 0 Å². The van der Waals surface area contributed by atoms with E-state index in [4.69, 9.17) is 0 Å². The van der Waals surface area contributed by atoms with Gasteiger partial charge in [-0.25, -0.2) is 0 Å². The topological polar surface area (TPSA) is 80.3 Å². The van der Waals surface area contributed by atoms with Crippen molar-refractivity contribution in [2.45, 2.75) is 66.2 Å². The molecule has 0 amide bonds. The van der Waals surface area contributed by atoms with Gasteiger partial charge < -0.3 is 19.8 Å². The molecule has 0 radical (unpaired) electrons. The van der Waals surface area contributed by atoms with Crippen LogP contribution in [0.3, 0.4) is 0 Å². The normalized spacial score (nSPS) is 11.8. The molecule has 0 aliphatic heterocycles. The number of carboxylic acid groups (broad SMARTS) is 2. The SMILES string of the molecule is CCCCC(C)C(=O)[O-].CCCCC(C)C(=O)[O-].[Li+].[Zn+2]. The van der Waals surface area contributed by atoms with Crippen molar-refractivity contribution in [2.24, 2.45) is 11.8 Å². The number of hydrogen-bond donors (Lipinski definition) is 0. The Labute approximate surface area is 148 Å². The van der Waals surface area contributed by atoms with E-state index in [2.05, 4.69) is 0 Å². The third-order valence-corrected chi connectivity index (χ3v) is 2.79. The summed E-state index contributed by atoms with van der Waals surface area (Å²) in [5.41, 5.74) is 0. The van der Waals surface area contributed by atoms with Gasteiger partial charge in [-0.3, -0.25) is 0 Å². The minimum atomic E-state index is -0.927. The second-order valence-electron chi connectivity index (χ2n) is 4.72.